The van der Waals surface area contributed by atoms with Crippen molar-refractivity contribution in [2.45, 2.75) is 26.2 Å². The molecule has 15 heavy (non-hydrogen) atoms. The zero-order valence-corrected chi connectivity index (χ0v) is 8.74. The standard InChI is InChI=1S/C12H12O3/c1-7-3-4-9(5-8(7)2)10-6-11(13)15-12(10)14/h3-5,10H,6H2,1-2H3. The Balaban J connectivity index is 2.34. The Morgan fingerprint density at radius 2 is 1.93 bits per heavy atom. The van der Waals surface area contributed by atoms with Gasteiger partial charge in [-0.05, 0) is 30.5 Å². The number of rotatable bonds is 1. The third-order valence-corrected chi connectivity index (χ3v) is 2.80. The molecule has 1 aromatic carbocycles. The molecule has 0 aromatic heterocycles. The molecule has 1 aliphatic heterocycles. The van der Waals surface area contributed by atoms with Gasteiger partial charge in [-0.25, -0.2) is 0 Å². The molecule has 3 nitrogen and oxygen atoms in total. The van der Waals surface area contributed by atoms with E-state index in [2.05, 4.69) is 4.74 Å². The normalized spacial score (nSPS) is 20.5. The summed E-state index contributed by atoms with van der Waals surface area (Å²) < 4.78 is 4.52. The maximum absolute atomic E-state index is 11.3. The van der Waals surface area contributed by atoms with Gasteiger partial charge in [-0.3, -0.25) is 9.59 Å². The lowest BCUT2D eigenvalue weighted by Gasteiger charge is -2.07. The summed E-state index contributed by atoms with van der Waals surface area (Å²) in [7, 11) is 0. The average molecular weight is 204 g/mol. The van der Waals surface area contributed by atoms with Crippen molar-refractivity contribution < 1.29 is 14.3 Å². The minimum Gasteiger partial charge on any atom is -0.393 e. The quantitative estimate of drug-likeness (QED) is 0.518. The minimum absolute atomic E-state index is 0.168. The van der Waals surface area contributed by atoms with Crippen molar-refractivity contribution in [3.8, 4) is 0 Å². The largest absolute Gasteiger partial charge is 0.393 e. The first kappa shape index (κ1) is 9.90. The Labute approximate surface area is 88.1 Å². The maximum Gasteiger partial charge on any atom is 0.321 e. The van der Waals surface area contributed by atoms with Crippen LogP contribution in [0.25, 0.3) is 0 Å². The van der Waals surface area contributed by atoms with E-state index in [0.29, 0.717) is 0 Å². The first-order valence-electron chi connectivity index (χ1n) is 4.89. The lowest BCUT2D eigenvalue weighted by Crippen LogP contribution is -2.05. The first-order chi connectivity index (χ1) is 7.08. The molecule has 1 aromatic rings. The Bertz CT molecular complexity index is 434. The first-order valence-corrected chi connectivity index (χ1v) is 4.89. The minimum atomic E-state index is -0.428. The van der Waals surface area contributed by atoms with E-state index in [1.807, 2.05) is 32.0 Å². The molecule has 1 fully saturated rings. The van der Waals surface area contributed by atoms with Gasteiger partial charge in [0.15, 0.2) is 0 Å². The molecule has 78 valence electrons. The van der Waals surface area contributed by atoms with Crippen LogP contribution in [0.2, 0.25) is 0 Å². The van der Waals surface area contributed by atoms with E-state index in [0.717, 1.165) is 11.1 Å². The van der Waals surface area contributed by atoms with E-state index in [9.17, 15) is 9.59 Å². The average Bonchev–Trinajstić information content (AvgIpc) is 2.50. The predicted octanol–water partition coefficient (Wildman–Crippen LogP) is 1.86. The zero-order valence-electron chi connectivity index (χ0n) is 8.74. The topological polar surface area (TPSA) is 43.4 Å². The highest BCUT2D eigenvalue weighted by atomic mass is 16.6. The third kappa shape index (κ3) is 1.77. The zero-order chi connectivity index (χ0) is 11.0. The number of cyclic esters (lactones) is 2. The molecule has 1 aliphatic rings. The molecule has 0 aliphatic carbocycles. The van der Waals surface area contributed by atoms with Crippen LogP contribution < -0.4 is 0 Å². The SMILES string of the molecule is Cc1ccc(C2CC(=O)OC2=O)cc1C. The Morgan fingerprint density at radius 3 is 2.47 bits per heavy atom. The fourth-order valence-corrected chi connectivity index (χ4v) is 1.71. The van der Waals surface area contributed by atoms with Crippen LogP contribution in [0, 0.1) is 13.8 Å². The number of carbonyl (C=O) groups excluding carboxylic acids is 2. The van der Waals surface area contributed by atoms with E-state index in [-0.39, 0.29) is 6.42 Å². The summed E-state index contributed by atoms with van der Waals surface area (Å²) in [5, 5.41) is 0. The van der Waals surface area contributed by atoms with Crippen LogP contribution >= 0.6 is 0 Å². The third-order valence-electron chi connectivity index (χ3n) is 2.80. The van der Waals surface area contributed by atoms with Crippen LogP contribution in [0.4, 0.5) is 0 Å². The summed E-state index contributed by atoms with van der Waals surface area (Å²) in [6.07, 6.45) is 0.168. The van der Waals surface area contributed by atoms with Gasteiger partial charge in [-0.15, -0.1) is 0 Å². The number of benzene rings is 1. The molecule has 0 bridgehead atoms. The molecule has 0 saturated carbocycles. The molecular weight excluding hydrogens is 192 g/mol. The maximum atomic E-state index is 11.3. The summed E-state index contributed by atoms with van der Waals surface area (Å²) in [6.45, 7) is 4.00. The molecule has 1 saturated heterocycles. The van der Waals surface area contributed by atoms with Gasteiger partial charge in [0.1, 0.15) is 0 Å². The molecule has 1 atom stereocenters. The van der Waals surface area contributed by atoms with E-state index < -0.39 is 17.9 Å². The predicted molar refractivity (Wildman–Crippen MR) is 54.4 cm³/mol. The Kier molecular flexibility index (Phi) is 2.31. The van der Waals surface area contributed by atoms with Crippen molar-refractivity contribution in [3.63, 3.8) is 0 Å². The number of aryl methyl sites for hydroxylation is 2. The van der Waals surface area contributed by atoms with Gasteiger partial charge in [0.25, 0.3) is 0 Å². The van der Waals surface area contributed by atoms with E-state index in [1.165, 1.54) is 5.56 Å². The van der Waals surface area contributed by atoms with E-state index in [1.54, 1.807) is 0 Å². The molecule has 2 rings (SSSR count). The second-order valence-corrected chi connectivity index (χ2v) is 3.89. The summed E-state index contributed by atoms with van der Waals surface area (Å²) in [6, 6.07) is 5.79. The lowest BCUT2D eigenvalue weighted by molar-refractivity contribution is -0.152. The fourth-order valence-electron chi connectivity index (χ4n) is 1.71. The monoisotopic (exact) mass is 204 g/mol. The summed E-state index contributed by atoms with van der Waals surface area (Å²) >= 11 is 0. The lowest BCUT2D eigenvalue weighted by atomic mass is 9.94. The van der Waals surface area contributed by atoms with Gasteiger partial charge in [-0.2, -0.15) is 0 Å². The van der Waals surface area contributed by atoms with Crippen molar-refractivity contribution in [3.05, 3.63) is 34.9 Å². The number of hydrogen-bond acceptors (Lipinski definition) is 3. The molecule has 3 heteroatoms. The summed E-state index contributed by atoms with van der Waals surface area (Å²) in [5.74, 6) is -1.26. The van der Waals surface area contributed by atoms with Gasteiger partial charge in [0.2, 0.25) is 0 Å². The molecule has 0 amide bonds. The highest BCUT2D eigenvalue weighted by Crippen LogP contribution is 2.28. The van der Waals surface area contributed by atoms with Gasteiger partial charge < -0.3 is 4.74 Å². The Hall–Kier alpha value is -1.64. The second-order valence-electron chi connectivity index (χ2n) is 3.89. The van der Waals surface area contributed by atoms with Gasteiger partial charge >= 0.3 is 11.9 Å². The van der Waals surface area contributed by atoms with Gasteiger partial charge in [0.05, 0.1) is 12.3 Å². The van der Waals surface area contributed by atoms with Crippen LogP contribution in [-0.4, -0.2) is 11.9 Å². The molecule has 0 N–H and O–H groups in total. The Morgan fingerprint density at radius 1 is 1.20 bits per heavy atom. The molecule has 1 heterocycles. The molecule has 0 radical (unpaired) electrons. The fraction of sp³-hybridized carbons (Fsp3) is 0.333. The number of ether oxygens (including phenoxy) is 1. The van der Waals surface area contributed by atoms with Crippen LogP contribution in [0.15, 0.2) is 18.2 Å². The summed E-state index contributed by atoms with van der Waals surface area (Å²) in [5.41, 5.74) is 3.17. The van der Waals surface area contributed by atoms with E-state index >= 15 is 0 Å². The van der Waals surface area contributed by atoms with Crippen molar-refractivity contribution in [2.75, 3.05) is 0 Å². The highest BCUT2D eigenvalue weighted by molar-refractivity contribution is 5.97. The van der Waals surface area contributed by atoms with Crippen LogP contribution in [0.1, 0.15) is 29.0 Å². The van der Waals surface area contributed by atoms with Gasteiger partial charge in [0, 0.05) is 0 Å². The molecule has 1 unspecified atom stereocenters. The van der Waals surface area contributed by atoms with Crippen molar-refractivity contribution in [1.29, 1.82) is 0 Å². The number of hydrogen-bond donors (Lipinski definition) is 0. The summed E-state index contributed by atoms with van der Waals surface area (Å²) in [4.78, 5) is 22.3. The number of esters is 2. The van der Waals surface area contributed by atoms with Crippen molar-refractivity contribution in [1.82, 2.24) is 0 Å². The molecule has 0 spiro atoms. The number of carbonyl (C=O) groups is 2. The smallest absolute Gasteiger partial charge is 0.321 e. The van der Waals surface area contributed by atoms with Crippen LogP contribution in [0.5, 0.6) is 0 Å². The molecular formula is C12H12O3. The van der Waals surface area contributed by atoms with Crippen LogP contribution in [0.3, 0.4) is 0 Å². The second kappa shape index (κ2) is 3.50. The van der Waals surface area contributed by atoms with E-state index in [4.69, 9.17) is 0 Å². The van der Waals surface area contributed by atoms with Gasteiger partial charge in [-0.1, -0.05) is 18.2 Å². The van der Waals surface area contributed by atoms with Crippen LogP contribution in [-0.2, 0) is 14.3 Å². The van der Waals surface area contributed by atoms with Crippen molar-refractivity contribution in [2.24, 2.45) is 0 Å². The highest BCUT2D eigenvalue weighted by Gasteiger charge is 2.34. The van der Waals surface area contributed by atoms with Crippen molar-refractivity contribution >= 4 is 11.9 Å².